The molecule has 1 amide bonds. The molecule has 1 saturated carbocycles. The zero-order valence-electron chi connectivity index (χ0n) is 22.1. The number of hydrogen-bond donors (Lipinski definition) is 2. The Hall–Kier alpha value is -3.40. The molecular formula is C28H35N3O6S. The highest BCUT2D eigenvalue weighted by Crippen LogP contribution is 2.46. The molecule has 4 rings (SSSR count). The number of aryl methyl sites for hydroxylation is 1. The first-order valence-corrected chi connectivity index (χ1v) is 14.9. The molecule has 204 valence electrons. The third-order valence-corrected chi connectivity index (χ3v) is 8.02. The average Bonchev–Trinajstić information content (AvgIpc) is 3.64. The van der Waals surface area contributed by atoms with Crippen molar-refractivity contribution >= 4 is 38.8 Å². The van der Waals surface area contributed by atoms with Crippen LogP contribution in [0.4, 0.5) is 5.82 Å². The number of carbonyl (C=O) groups is 2. The molecule has 0 unspecified atom stereocenters. The summed E-state index contributed by atoms with van der Waals surface area (Å²) in [6, 6.07) is 9.55. The third-order valence-electron chi connectivity index (χ3n) is 6.86. The molecule has 0 aliphatic heterocycles. The van der Waals surface area contributed by atoms with Gasteiger partial charge in [-0.1, -0.05) is 49.1 Å². The van der Waals surface area contributed by atoms with Crippen LogP contribution in [0.25, 0.3) is 22.4 Å². The number of hydrogen-bond acceptors (Lipinski definition) is 6. The van der Waals surface area contributed by atoms with E-state index in [-0.39, 0.29) is 30.5 Å². The highest BCUT2D eigenvalue weighted by atomic mass is 32.2. The van der Waals surface area contributed by atoms with Crippen molar-refractivity contribution < 1.29 is 27.5 Å². The smallest absolute Gasteiger partial charge is 0.303 e. The zero-order valence-corrected chi connectivity index (χ0v) is 22.9. The second-order valence-corrected chi connectivity index (χ2v) is 11.9. The number of sulfonamides is 1. The summed E-state index contributed by atoms with van der Waals surface area (Å²) in [5.41, 5.74) is 3.24. The first kappa shape index (κ1) is 27.6. The van der Waals surface area contributed by atoms with Gasteiger partial charge in [0, 0.05) is 25.6 Å². The number of nitrogens with one attached hydrogen (secondary N) is 1. The van der Waals surface area contributed by atoms with Crippen LogP contribution in [0.1, 0.15) is 78.8 Å². The van der Waals surface area contributed by atoms with E-state index in [9.17, 15) is 18.0 Å². The van der Waals surface area contributed by atoms with E-state index in [4.69, 9.17) is 14.5 Å². The molecule has 10 heteroatoms. The molecule has 0 bridgehead atoms. The van der Waals surface area contributed by atoms with Gasteiger partial charge in [0.25, 0.3) is 5.91 Å². The first-order chi connectivity index (χ1) is 18.1. The maximum absolute atomic E-state index is 13.0. The van der Waals surface area contributed by atoms with Gasteiger partial charge in [-0.05, 0) is 50.2 Å². The number of carbonyl (C=O) groups excluding carboxylic acids is 1. The average molecular weight is 542 g/mol. The minimum atomic E-state index is -3.63. The maximum Gasteiger partial charge on any atom is 0.303 e. The van der Waals surface area contributed by atoms with Crippen LogP contribution < -0.4 is 9.62 Å². The Labute approximate surface area is 223 Å². The molecule has 2 aromatic heterocycles. The summed E-state index contributed by atoms with van der Waals surface area (Å²) >= 11 is 0. The molecule has 0 radical (unpaired) electrons. The summed E-state index contributed by atoms with van der Waals surface area (Å²) in [7, 11) is -2.07. The number of aliphatic carboxylic acids is 1. The molecule has 0 spiro atoms. The fourth-order valence-electron chi connectivity index (χ4n) is 4.67. The van der Waals surface area contributed by atoms with Crippen molar-refractivity contribution in [1.29, 1.82) is 0 Å². The van der Waals surface area contributed by atoms with Gasteiger partial charge >= 0.3 is 5.97 Å². The Kier molecular flexibility index (Phi) is 8.40. The van der Waals surface area contributed by atoms with Crippen LogP contribution in [-0.2, 0) is 14.8 Å². The van der Waals surface area contributed by atoms with Crippen molar-refractivity contribution in [1.82, 2.24) is 10.3 Å². The Balaban J connectivity index is 1.70. The summed E-state index contributed by atoms with van der Waals surface area (Å²) in [6.07, 6.45) is 6.84. The molecule has 1 aliphatic carbocycles. The number of benzene rings is 1. The molecule has 2 N–H and O–H groups in total. The molecule has 38 heavy (non-hydrogen) atoms. The Morgan fingerprint density at radius 1 is 1.11 bits per heavy atom. The van der Waals surface area contributed by atoms with Crippen LogP contribution in [0.15, 0.2) is 34.7 Å². The van der Waals surface area contributed by atoms with Crippen molar-refractivity contribution in [2.75, 3.05) is 24.2 Å². The number of carboxylic acid groups (broad SMARTS) is 1. The van der Waals surface area contributed by atoms with Crippen molar-refractivity contribution in [3.05, 3.63) is 47.0 Å². The second-order valence-electron chi connectivity index (χ2n) is 10.0. The quantitative estimate of drug-likeness (QED) is 0.283. The van der Waals surface area contributed by atoms with Crippen molar-refractivity contribution in [3.63, 3.8) is 0 Å². The summed E-state index contributed by atoms with van der Waals surface area (Å²) in [6.45, 7) is 2.25. The number of furan rings is 1. The highest BCUT2D eigenvalue weighted by molar-refractivity contribution is 7.92. The lowest BCUT2D eigenvalue weighted by atomic mass is 10.0. The van der Waals surface area contributed by atoms with E-state index >= 15 is 0 Å². The second kappa shape index (κ2) is 11.6. The predicted molar refractivity (Wildman–Crippen MR) is 147 cm³/mol. The standard InChI is InChI=1S/C28H35N3O6S/c1-18-10-12-20(13-11-18)25-24(27(34)29-2)22-17-21(19-14-15-19)26(30-28(22)37-25)31(38(3,35)36)16-8-6-4-5-7-9-23(32)33/h10-13,17,19H,4-9,14-16H2,1-3H3,(H,29,34)(H,32,33). The fraction of sp³-hybridized carbons (Fsp3) is 0.464. The van der Waals surface area contributed by atoms with E-state index < -0.39 is 16.0 Å². The minimum Gasteiger partial charge on any atom is -0.481 e. The normalized spacial score (nSPS) is 13.6. The molecule has 1 aromatic carbocycles. The highest BCUT2D eigenvalue weighted by Gasteiger charge is 2.34. The molecule has 1 fully saturated rings. The number of anilines is 1. The molecule has 1 aliphatic rings. The van der Waals surface area contributed by atoms with Gasteiger partial charge in [0.1, 0.15) is 11.6 Å². The number of fused-ring (bicyclic) bond motifs is 1. The van der Waals surface area contributed by atoms with Crippen molar-refractivity contribution in [3.8, 4) is 11.3 Å². The molecule has 2 heterocycles. The number of pyridine rings is 1. The van der Waals surface area contributed by atoms with Gasteiger partial charge in [0.05, 0.1) is 17.2 Å². The summed E-state index contributed by atoms with van der Waals surface area (Å²) < 4.78 is 33.3. The lowest BCUT2D eigenvalue weighted by molar-refractivity contribution is -0.137. The van der Waals surface area contributed by atoms with Crippen LogP contribution in [-0.4, -0.2) is 50.2 Å². The minimum absolute atomic E-state index is 0.149. The van der Waals surface area contributed by atoms with E-state index in [0.29, 0.717) is 35.4 Å². The topological polar surface area (TPSA) is 130 Å². The van der Waals surface area contributed by atoms with E-state index in [0.717, 1.165) is 48.8 Å². The van der Waals surface area contributed by atoms with Crippen LogP contribution in [0.2, 0.25) is 0 Å². The van der Waals surface area contributed by atoms with Crippen molar-refractivity contribution in [2.24, 2.45) is 0 Å². The van der Waals surface area contributed by atoms with Gasteiger partial charge in [-0.25, -0.2) is 8.42 Å². The number of carboxylic acids is 1. The van der Waals surface area contributed by atoms with E-state index in [1.165, 1.54) is 10.6 Å². The number of aromatic nitrogens is 1. The molecule has 9 nitrogen and oxygen atoms in total. The number of rotatable bonds is 13. The third kappa shape index (κ3) is 6.35. The van der Waals surface area contributed by atoms with Gasteiger partial charge in [0.2, 0.25) is 15.7 Å². The molecular weight excluding hydrogens is 506 g/mol. The lowest BCUT2D eigenvalue weighted by Crippen LogP contribution is -2.32. The number of amides is 1. The van der Waals surface area contributed by atoms with Gasteiger partial charge in [-0.15, -0.1) is 0 Å². The monoisotopic (exact) mass is 541 g/mol. The van der Waals surface area contributed by atoms with Crippen molar-refractivity contribution in [2.45, 2.75) is 64.2 Å². The SMILES string of the molecule is CNC(=O)c1c(-c2ccc(C)cc2)oc2nc(N(CCCCCCCC(=O)O)S(C)(=O)=O)c(C3CC3)cc12. The number of unbranched alkanes of at least 4 members (excludes halogenated alkanes) is 4. The van der Waals surface area contributed by atoms with Crippen LogP contribution >= 0.6 is 0 Å². The first-order valence-electron chi connectivity index (χ1n) is 13.1. The van der Waals surface area contributed by atoms with Gasteiger partial charge < -0.3 is 14.8 Å². The Bertz CT molecular complexity index is 1430. The fourth-order valence-corrected chi connectivity index (χ4v) is 5.59. The Morgan fingerprint density at radius 2 is 1.76 bits per heavy atom. The Morgan fingerprint density at radius 3 is 2.37 bits per heavy atom. The summed E-state index contributed by atoms with van der Waals surface area (Å²) in [4.78, 5) is 28.4. The van der Waals surface area contributed by atoms with Crippen LogP contribution in [0, 0.1) is 6.92 Å². The van der Waals surface area contributed by atoms with E-state index in [1.807, 2.05) is 37.3 Å². The maximum atomic E-state index is 13.0. The zero-order chi connectivity index (χ0) is 27.4. The van der Waals surface area contributed by atoms with E-state index in [2.05, 4.69) is 5.32 Å². The lowest BCUT2D eigenvalue weighted by Gasteiger charge is -2.24. The largest absolute Gasteiger partial charge is 0.481 e. The van der Waals surface area contributed by atoms with Gasteiger partial charge in [-0.2, -0.15) is 4.98 Å². The molecule has 0 saturated heterocycles. The van der Waals surface area contributed by atoms with Crippen LogP contribution in [0.3, 0.4) is 0 Å². The molecule has 0 atom stereocenters. The van der Waals surface area contributed by atoms with Gasteiger partial charge in [-0.3, -0.25) is 13.9 Å². The van der Waals surface area contributed by atoms with E-state index in [1.54, 1.807) is 7.05 Å². The van der Waals surface area contributed by atoms with Crippen LogP contribution in [0.5, 0.6) is 0 Å². The summed E-state index contributed by atoms with van der Waals surface area (Å²) in [5.74, 6) is -0.152. The summed E-state index contributed by atoms with van der Waals surface area (Å²) in [5, 5.41) is 12.0. The molecule has 3 aromatic rings. The predicted octanol–water partition coefficient (Wildman–Crippen LogP) is 5.23. The number of nitrogens with zero attached hydrogens (tertiary/aromatic N) is 2. The van der Waals surface area contributed by atoms with Gasteiger partial charge in [0.15, 0.2) is 0 Å².